The molecule has 1 aromatic heterocycles. The Morgan fingerprint density at radius 1 is 1.60 bits per heavy atom. The molecular weight excluding hydrogens is 190 g/mol. The molecule has 0 atom stereocenters. The lowest BCUT2D eigenvalue weighted by Gasteiger charge is -2.01. The number of nitrogens with one attached hydrogen (secondary N) is 1. The summed E-state index contributed by atoms with van der Waals surface area (Å²) in [5, 5.41) is 7.82. The number of carbonyl (C=O) groups excluding carboxylic acids is 1. The second kappa shape index (κ2) is 3.57. The summed E-state index contributed by atoms with van der Waals surface area (Å²) < 4.78 is 1.79. The third kappa shape index (κ3) is 1.74. The molecule has 2 rings (SSSR count). The van der Waals surface area contributed by atoms with E-state index in [1.807, 2.05) is 25.2 Å². The van der Waals surface area contributed by atoms with Gasteiger partial charge in [0.25, 0.3) is 0 Å². The van der Waals surface area contributed by atoms with Gasteiger partial charge in [-0.2, -0.15) is 5.10 Å². The minimum absolute atomic E-state index is 0.210. The number of nitrogens with zero attached hydrogens (tertiary/aromatic N) is 2. The van der Waals surface area contributed by atoms with E-state index in [9.17, 15) is 4.79 Å². The van der Waals surface area contributed by atoms with Crippen LogP contribution in [-0.2, 0) is 11.8 Å². The van der Waals surface area contributed by atoms with E-state index in [1.54, 1.807) is 10.9 Å². The fraction of sp³-hybridized carbons (Fsp3) is 0.0909. The number of hydrogen-bond donors (Lipinski definition) is 1. The Morgan fingerprint density at radius 3 is 3.13 bits per heavy atom. The molecule has 0 aliphatic carbocycles. The molecule has 1 amide bonds. The summed E-state index contributed by atoms with van der Waals surface area (Å²) in [6.45, 7) is 3.39. The second-order valence-corrected chi connectivity index (χ2v) is 3.24. The summed E-state index contributed by atoms with van der Waals surface area (Å²) in [7, 11) is 1.88. The lowest BCUT2D eigenvalue weighted by atomic mass is 10.2. The number of rotatable bonds is 2. The predicted octanol–water partition coefficient (Wildman–Crippen LogP) is 1.70. The first kappa shape index (κ1) is 9.45. The van der Waals surface area contributed by atoms with Gasteiger partial charge in [0.1, 0.15) is 0 Å². The lowest BCUT2D eigenvalue weighted by molar-refractivity contribution is -0.111. The molecule has 15 heavy (non-hydrogen) atoms. The number of amides is 1. The standard InChI is InChI=1S/C11H11N3O/c1-3-11(15)13-9-4-5-10-8(6-9)7-12-14(10)2/h3-7H,1H2,2H3,(H,13,15). The van der Waals surface area contributed by atoms with Crippen molar-refractivity contribution in [3.63, 3.8) is 0 Å². The van der Waals surface area contributed by atoms with Crippen molar-refractivity contribution in [3.8, 4) is 0 Å². The van der Waals surface area contributed by atoms with Gasteiger partial charge in [0.05, 0.1) is 11.7 Å². The Labute approximate surface area is 87.2 Å². The average Bonchev–Trinajstić information content (AvgIpc) is 2.60. The summed E-state index contributed by atoms with van der Waals surface area (Å²) in [6, 6.07) is 5.64. The van der Waals surface area contributed by atoms with Crippen molar-refractivity contribution in [2.24, 2.45) is 7.05 Å². The number of hydrogen-bond acceptors (Lipinski definition) is 2. The molecule has 1 aromatic carbocycles. The summed E-state index contributed by atoms with van der Waals surface area (Å²) in [5.74, 6) is -0.210. The van der Waals surface area contributed by atoms with Gasteiger partial charge in [0.2, 0.25) is 5.91 Å². The Hall–Kier alpha value is -2.10. The average molecular weight is 201 g/mol. The van der Waals surface area contributed by atoms with E-state index >= 15 is 0 Å². The number of benzene rings is 1. The molecule has 0 bridgehead atoms. The molecule has 4 nitrogen and oxygen atoms in total. The maximum atomic E-state index is 11.1. The maximum absolute atomic E-state index is 11.1. The topological polar surface area (TPSA) is 46.9 Å². The number of aromatic nitrogens is 2. The molecule has 0 saturated carbocycles. The molecule has 0 aliphatic heterocycles. The third-order valence-electron chi connectivity index (χ3n) is 2.20. The maximum Gasteiger partial charge on any atom is 0.247 e. The van der Waals surface area contributed by atoms with E-state index in [0.29, 0.717) is 0 Å². The molecule has 1 heterocycles. The summed E-state index contributed by atoms with van der Waals surface area (Å²) in [6.07, 6.45) is 3.01. The Kier molecular flexibility index (Phi) is 2.25. The van der Waals surface area contributed by atoms with Crippen molar-refractivity contribution in [3.05, 3.63) is 37.1 Å². The van der Waals surface area contributed by atoms with Crippen molar-refractivity contribution >= 4 is 22.5 Å². The van der Waals surface area contributed by atoms with Crippen molar-refractivity contribution in [1.29, 1.82) is 0 Å². The number of fused-ring (bicyclic) bond motifs is 1. The predicted molar refractivity (Wildman–Crippen MR) is 59.5 cm³/mol. The first-order valence-electron chi connectivity index (χ1n) is 4.56. The molecule has 0 spiro atoms. The highest BCUT2D eigenvalue weighted by Gasteiger charge is 2.01. The van der Waals surface area contributed by atoms with E-state index in [-0.39, 0.29) is 5.91 Å². The summed E-state index contributed by atoms with van der Waals surface area (Å²) in [5.41, 5.74) is 1.78. The number of anilines is 1. The van der Waals surface area contributed by atoms with Crippen LogP contribution in [0, 0.1) is 0 Å². The van der Waals surface area contributed by atoms with Crippen LogP contribution >= 0.6 is 0 Å². The quantitative estimate of drug-likeness (QED) is 0.752. The molecule has 2 aromatic rings. The highest BCUT2D eigenvalue weighted by molar-refractivity contribution is 6.00. The largest absolute Gasteiger partial charge is 0.323 e. The smallest absolute Gasteiger partial charge is 0.247 e. The fourth-order valence-corrected chi connectivity index (χ4v) is 1.43. The Morgan fingerprint density at radius 2 is 2.40 bits per heavy atom. The van der Waals surface area contributed by atoms with Gasteiger partial charge in [0, 0.05) is 18.1 Å². The van der Waals surface area contributed by atoms with Crippen LogP contribution in [0.4, 0.5) is 5.69 Å². The highest BCUT2D eigenvalue weighted by atomic mass is 16.1. The monoisotopic (exact) mass is 201 g/mol. The summed E-state index contributed by atoms with van der Waals surface area (Å²) >= 11 is 0. The van der Waals surface area contributed by atoms with Gasteiger partial charge in [-0.25, -0.2) is 0 Å². The zero-order valence-corrected chi connectivity index (χ0v) is 8.40. The van der Waals surface area contributed by atoms with Crippen molar-refractivity contribution in [1.82, 2.24) is 9.78 Å². The summed E-state index contributed by atoms with van der Waals surface area (Å²) in [4.78, 5) is 11.1. The van der Waals surface area contributed by atoms with E-state index in [2.05, 4.69) is 17.0 Å². The van der Waals surface area contributed by atoms with Crippen LogP contribution in [0.25, 0.3) is 10.9 Å². The van der Waals surface area contributed by atoms with Crippen LogP contribution < -0.4 is 5.32 Å². The van der Waals surface area contributed by atoms with Crippen molar-refractivity contribution < 1.29 is 4.79 Å². The van der Waals surface area contributed by atoms with E-state index in [1.165, 1.54) is 6.08 Å². The van der Waals surface area contributed by atoms with Crippen molar-refractivity contribution in [2.45, 2.75) is 0 Å². The number of carbonyl (C=O) groups is 1. The van der Waals surface area contributed by atoms with E-state index < -0.39 is 0 Å². The molecule has 0 fully saturated rings. The zero-order valence-electron chi connectivity index (χ0n) is 8.40. The second-order valence-electron chi connectivity index (χ2n) is 3.24. The van der Waals surface area contributed by atoms with Gasteiger partial charge >= 0.3 is 0 Å². The normalized spacial score (nSPS) is 10.2. The molecule has 0 radical (unpaired) electrons. The van der Waals surface area contributed by atoms with Crippen LogP contribution in [-0.4, -0.2) is 15.7 Å². The minimum atomic E-state index is -0.210. The van der Waals surface area contributed by atoms with Crippen LogP contribution in [0.3, 0.4) is 0 Å². The van der Waals surface area contributed by atoms with Crippen LogP contribution in [0.15, 0.2) is 37.1 Å². The van der Waals surface area contributed by atoms with Gasteiger partial charge < -0.3 is 5.32 Å². The van der Waals surface area contributed by atoms with Crippen LogP contribution in [0.2, 0.25) is 0 Å². The Balaban J connectivity index is 2.39. The first-order valence-corrected chi connectivity index (χ1v) is 4.56. The highest BCUT2D eigenvalue weighted by Crippen LogP contribution is 2.18. The molecule has 0 saturated heterocycles. The zero-order chi connectivity index (χ0) is 10.8. The van der Waals surface area contributed by atoms with Gasteiger partial charge in [0.15, 0.2) is 0 Å². The van der Waals surface area contributed by atoms with Crippen molar-refractivity contribution in [2.75, 3.05) is 5.32 Å². The molecule has 1 N–H and O–H groups in total. The lowest BCUT2D eigenvalue weighted by Crippen LogP contribution is -2.06. The van der Waals surface area contributed by atoms with Gasteiger partial charge in [-0.1, -0.05) is 6.58 Å². The minimum Gasteiger partial charge on any atom is -0.323 e. The van der Waals surface area contributed by atoms with Gasteiger partial charge in [-0.3, -0.25) is 9.48 Å². The van der Waals surface area contributed by atoms with Crippen LogP contribution in [0.5, 0.6) is 0 Å². The molecule has 0 unspecified atom stereocenters. The van der Waals surface area contributed by atoms with Crippen LogP contribution in [0.1, 0.15) is 0 Å². The van der Waals surface area contributed by atoms with E-state index in [4.69, 9.17) is 0 Å². The first-order chi connectivity index (χ1) is 7.20. The van der Waals surface area contributed by atoms with Gasteiger partial charge in [-0.15, -0.1) is 0 Å². The Bertz CT molecular complexity index is 528. The fourth-order valence-electron chi connectivity index (χ4n) is 1.43. The number of aryl methyl sites for hydroxylation is 1. The van der Waals surface area contributed by atoms with E-state index in [0.717, 1.165) is 16.6 Å². The SMILES string of the molecule is C=CC(=O)Nc1ccc2c(cnn2C)c1. The molecule has 4 heteroatoms. The third-order valence-corrected chi connectivity index (χ3v) is 2.20. The molecule has 0 aliphatic rings. The molecular formula is C11H11N3O. The van der Waals surface area contributed by atoms with Gasteiger partial charge in [-0.05, 0) is 24.3 Å². The molecule has 76 valence electrons.